The van der Waals surface area contributed by atoms with Crippen molar-refractivity contribution >= 4 is 33.9 Å². The number of alkyl halides is 1. The summed E-state index contributed by atoms with van der Waals surface area (Å²) in [7, 11) is 0. The van der Waals surface area contributed by atoms with Gasteiger partial charge >= 0.3 is 0 Å². The lowest BCUT2D eigenvalue weighted by Gasteiger charge is -2.00. The summed E-state index contributed by atoms with van der Waals surface area (Å²) in [6.07, 6.45) is 1.52. The first-order valence-corrected chi connectivity index (χ1v) is 5.75. The highest BCUT2D eigenvalue weighted by Crippen LogP contribution is 2.20. The Labute approximate surface area is 96.4 Å². The molecule has 0 unspecified atom stereocenters. The minimum Gasteiger partial charge on any atom is -0.316 e. The lowest BCUT2D eigenvalue weighted by Crippen LogP contribution is -1.94. The van der Waals surface area contributed by atoms with Crippen LogP contribution >= 0.6 is 22.9 Å². The molecule has 4 nitrogen and oxygen atoms in total. The molecule has 2 aromatic heterocycles. The van der Waals surface area contributed by atoms with Gasteiger partial charge in [0, 0.05) is 17.1 Å². The summed E-state index contributed by atoms with van der Waals surface area (Å²) in [6, 6.07) is 1.86. The van der Waals surface area contributed by atoms with Crippen LogP contribution in [0, 0.1) is 6.92 Å². The number of aromatic nitrogens is 3. The summed E-state index contributed by atoms with van der Waals surface area (Å²) in [6.45, 7) is 1.92. The van der Waals surface area contributed by atoms with Crippen LogP contribution < -0.4 is 5.32 Å². The van der Waals surface area contributed by atoms with Crippen LogP contribution in [0.3, 0.4) is 0 Å². The molecule has 0 aliphatic carbocycles. The Balaban J connectivity index is 2.14. The third kappa shape index (κ3) is 2.64. The average Bonchev–Trinajstić information content (AvgIpc) is 2.65. The standard InChI is InChI=1S/C9H9ClN4S/c1-6-2-8(12-5-11-6)14-9-13-7(3-10)4-15-9/h2,4-5H,3H2,1H3,(H,11,12,13,14). The molecule has 0 bridgehead atoms. The van der Waals surface area contributed by atoms with Gasteiger partial charge in [0.2, 0.25) is 0 Å². The second kappa shape index (κ2) is 4.55. The zero-order valence-corrected chi connectivity index (χ0v) is 9.64. The largest absolute Gasteiger partial charge is 0.316 e. The molecule has 0 saturated heterocycles. The molecule has 0 saturated carbocycles. The normalized spacial score (nSPS) is 10.3. The zero-order chi connectivity index (χ0) is 10.7. The fourth-order valence-electron chi connectivity index (χ4n) is 1.06. The number of anilines is 2. The molecule has 0 aliphatic rings. The minimum absolute atomic E-state index is 0.432. The van der Waals surface area contributed by atoms with E-state index < -0.39 is 0 Å². The van der Waals surface area contributed by atoms with E-state index in [9.17, 15) is 0 Å². The van der Waals surface area contributed by atoms with E-state index in [-0.39, 0.29) is 0 Å². The van der Waals surface area contributed by atoms with Gasteiger partial charge < -0.3 is 5.32 Å². The van der Waals surface area contributed by atoms with Crippen LogP contribution in [0.15, 0.2) is 17.8 Å². The Bertz CT molecular complexity index is 457. The van der Waals surface area contributed by atoms with Crippen molar-refractivity contribution in [3.8, 4) is 0 Å². The maximum atomic E-state index is 5.66. The Morgan fingerprint density at radius 1 is 1.47 bits per heavy atom. The van der Waals surface area contributed by atoms with Gasteiger partial charge in [-0.15, -0.1) is 22.9 Å². The second-order valence-electron chi connectivity index (χ2n) is 2.95. The number of aryl methyl sites for hydroxylation is 1. The molecule has 2 rings (SSSR count). The van der Waals surface area contributed by atoms with Crippen molar-refractivity contribution in [3.05, 3.63) is 29.2 Å². The van der Waals surface area contributed by atoms with Gasteiger partial charge in [0.25, 0.3) is 0 Å². The predicted molar refractivity (Wildman–Crippen MR) is 61.7 cm³/mol. The van der Waals surface area contributed by atoms with Crippen LogP contribution in [-0.4, -0.2) is 15.0 Å². The number of nitrogens with zero attached hydrogens (tertiary/aromatic N) is 3. The van der Waals surface area contributed by atoms with Gasteiger partial charge in [-0.3, -0.25) is 0 Å². The summed E-state index contributed by atoms with van der Waals surface area (Å²) in [5.74, 6) is 1.18. The Morgan fingerprint density at radius 2 is 2.33 bits per heavy atom. The average molecular weight is 241 g/mol. The van der Waals surface area contributed by atoms with Gasteiger partial charge in [-0.1, -0.05) is 0 Å². The number of hydrogen-bond donors (Lipinski definition) is 1. The van der Waals surface area contributed by atoms with Crippen LogP contribution in [-0.2, 0) is 5.88 Å². The van der Waals surface area contributed by atoms with Crippen LogP contribution in [0.25, 0.3) is 0 Å². The summed E-state index contributed by atoms with van der Waals surface area (Å²) < 4.78 is 0. The lowest BCUT2D eigenvalue weighted by molar-refractivity contribution is 1.10. The minimum atomic E-state index is 0.432. The SMILES string of the molecule is Cc1cc(Nc2nc(CCl)cs2)ncn1. The van der Waals surface area contributed by atoms with Crippen molar-refractivity contribution in [2.75, 3.05) is 5.32 Å². The molecule has 0 radical (unpaired) electrons. The van der Waals surface area contributed by atoms with Gasteiger partial charge in [-0.25, -0.2) is 15.0 Å². The van der Waals surface area contributed by atoms with Crippen LogP contribution in [0.1, 0.15) is 11.4 Å². The van der Waals surface area contributed by atoms with Crippen molar-refractivity contribution < 1.29 is 0 Å². The zero-order valence-electron chi connectivity index (χ0n) is 8.07. The van der Waals surface area contributed by atoms with Gasteiger partial charge in [0.05, 0.1) is 11.6 Å². The summed E-state index contributed by atoms with van der Waals surface area (Å²) in [5, 5.41) is 5.81. The van der Waals surface area contributed by atoms with E-state index in [1.807, 2.05) is 18.4 Å². The quantitative estimate of drug-likeness (QED) is 0.839. The van der Waals surface area contributed by atoms with Crippen molar-refractivity contribution in [1.29, 1.82) is 0 Å². The number of nitrogens with one attached hydrogen (secondary N) is 1. The van der Waals surface area contributed by atoms with Gasteiger partial charge in [0.1, 0.15) is 12.1 Å². The molecule has 0 aliphatic heterocycles. The molecule has 2 aromatic rings. The maximum absolute atomic E-state index is 5.66. The van der Waals surface area contributed by atoms with Crippen molar-refractivity contribution in [1.82, 2.24) is 15.0 Å². The number of thiazole rings is 1. The van der Waals surface area contributed by atoms with E-state index in [1.165, 1.54) is 17.7 Å². The Morgan fingerprint density at radius 3 is 3.00 bits per heavy atom. The van der Waals surface area contributed by atoms with E-state index >= 15 is 0 Å². The number of hydrogen-bond acceptors (Lipinski definition) is 5. The Kier molecular flexibility index (Phi) is 3.13. The molecule has 6 heteroatoms. The van der Waals surface area contributed by atoms with Crippen LogP contribution in [0.4, 0.5) is 10.9 Å². The van der Waals surface area contributed by atoms with E-state index in [0.29, 0.717) is 5.88 Å². The fourth-order valence-corrected chi connectivity index (χ4v) is 2.00. The highest BCUT2D eigenvalue weighted by Gasteiger charge is 2.02. The molecule has 0 aromatic carbocycles. The highest BCUT2D eigenvalue weighted by atomic mass is 35.5. The van der Waals surface area contributed by atoms with Crippen molar-refractivity contribution in [2.24, 2.45) is 0 Å². The summed E-state index contributed by atoms with van der Waals surface area (Å²) >= 11 is 7.17. The molecule has 1 N–H and O–H groups in total. The second-order valence-corrected chi connectivity index (χ2v) is 4.07. The number of halogens is 1. The molecular formula is C9H9ClN4S. The van der Waals surface area contributed by atoms with Crippen molar-refractivity contribution in [2.45, 2.75) is 12.8 Å². The summed E-state index contributed by atoms with van der Waals surface area (Å²) in [5.41, 5.74) is 1.79. The first kappa shape index (κ1) is 10.3. The van der Waals surface area contributed by atoms with Gasteiger partial charge in [-0.05, 0) is 6.92 Å². The molecular weight excluding hydrogens is 232 g/mol. The lowest BCUT2D eigenvalue weighted by atomic mass is 10.4. The number of rotatable bonds is 3. The van der Waals surface area contributed by atoms with Gasteiger partial charge in [-0.2, -0.15) is 0 Å². The molecule has 15 heavy (non-hydrogen) atoms. The van der Waals surface area contributed by atoms with E-state index in [0.717, 1.165) is 22.3 Å². The first-order chi connectivity index (χ1) is 7.28. The highest BCUT2D eigenvalue weighted by molar-refractivity contribution is 7.13. The molecule has 78 valence electrons. The van der Waals surface area contributed by atoms with Crippen molar-refractivity contribution in [3.63, 3.8) is 0 Å². The van der Waals surface area contributed by atoms with Crippen LogP contribution in [0.5, 0.6) is 0 Å². The molecule has 2 heterocycles. The third-order valence-electron chi connectivity index (χ3n) is 1.73. The van der Waals surface area contributed by atoms with E-state index in [1.54, 1.807) is 0 Å². The van der Waals surface area contributed by atoms with Gasteiger partial charge in [0.15, 0.2) is 5.13 Å². The monoisotopic (exact) mass is 240 g/mol. The topological polar surface area (TPSA) is 50.7 Å². The predicted octanol–water partition coefficient (Wildman–Crippen LogP) is 2.72. The van der Waals surface area contributed by atoms with E-state index in [2.05, 4.69) is 20.3 Å². The molecule has 0 spiro atoms. The smallest absolute Gasteiger partial charge is 0.188 e. The maximum Gasteiger partial charge on any atom is 0.188 e. The van der Waals surface area contributed by atoms with Crippen LogP contribution in [0.2, 0.25) is 0 Å². The first-order valence-electron chi connectivity index (χ1n) is 4.34. The Hall–Kier alpha value is -1.20. The third-order valence-corrected chi connectivity index (χ3v) is 2.81. The summed E-state index contributed by atoms with van der Waals surface area (Å²) in [4.78, 5) is 12.4. The molecule has 0 amide bonds. The fraction of sp³-hybridized carbons (Fsp3) is 0.222. The molecule has 0 fully saturated rings. The van der Waals surface area contributed by atoms with E-state index in [4.69, 9.17) is 11.6 Å². The molecule has 0 atom stereocenters.